The summed E-state index contributed by atoms with van der Waals surface area (Å²) in [5.41, 5.74) is 7.17. The molecule has 29 heavy (non-hydrogen) atoms. The van der Waals surface area contributed by atoms with Crippen molar-refractivity contribution in [3.63, 3.8) is 0 Å². The highest BCUT2D eigenvalue weighted by atomic mass is 32.2. The van der Waals surface area contributed by atoms with E-state index in [4.69, 9.17) is 4.74 Å². The molecule has 3 amide bonds. The van der Waals surface area contributed by atoms with E-state index < -0.39 is 11.8 Å². The van der Waals surface area contributed by atoms with Gasteiger partial charge in [0.15, 0.2) is 6.61 Å². The molecule has 0 atom stereocenters. The second-order valence-corrected chi connectivity index (χ2v) is 7.70. The van der Waals surface area contributed by atoms with Crippen molar-refractivity contribution in [1.29, 1.82) is 0 Å². The van der Waals surface area contributed by atoms with Gasteiger partial charge in [0.2, 0.25) is 5.91 Å². The van der Waals surface area contributed by atoms with Crippen molar-refractivity contribution in [3.8, 4) is 5.75 Å². The van der Waals surface area contributed by atoms with Crippen LogP contribution in [0.5, 0.6) is 5.75 Å². The Morgan fingerprint density at radius 3 is 2.31 bits per heavy atom. The molecule has 0 fully saturated rings. The van der Waals surface area contributed by atoms with Crippen molar-refractivity contribution in [2.24, 2.45) is 0 Å². The smallest absolute Gasteiger partial charge is 0.276 e. The van der Waals surface area contributed by atoms with Gasteiger partial charge in [0, 0.05) is 19.0 Å². The van der Waals surface area contributed by atoms with Crippen LogP contribution in [0.4, 0.5) is 0 Å². The molecule has 0 aliphatic carbocycles. The first-order valence-corrected chi connectivity index (χ1v) is 9.97. The topological polar surface area (TPSA) is 87.7 Å². The highest BCUT2D eigenvalue weighted by Gasteiger charge is 2.14. The molecule has 2 rings (SSSR count). The van der Waals surface area contributed by atoms with Gasteiger partial charge in [-0.1, -0.05) is 18.2 Å². The van der Waals surface area contributed by atoms with E-state index in [1.807, 2.05) is 32.0 Å². The van der Waals surface area contributed by atoms with Crippen LogP contribution in [0.25, 0.3) is 0 Å². The molecule has 8 heteroatoms. The molecule has 154 valence electrons. The number of hydrogen-bond donors (Lipinski definition) is 2. The lowest BCUT2D eigenvalue weighted by Gasteiger charge is -2.13. The zero-order valence-corrected chi connectivity index (χ0v) is 17.8. The number of hydrogen-bond acceptors (Lipinski definition) is 5. The van der Waals surface area contributed by atoms with Gasteiger partial charge in [0.1, 0.15) is 5.75 Å². The summed E-state index contributed by atoms with van der Waals surface area (Å²) in [4.78, 5) is 38.3. The predicted molar refractivity (Wildman–Crippen MR) is 113 cm³/mol. The molecule has 0 saturated heterocycles. The van der Waals surface area contributed by atoms with Gasteiger partial charge < -0.3 is 9.64 Å². The van der Waals surface area contributed by atoms with Crippen LogP contribution in [0.1, 0.15) is 21.5 Å². The Balaban J connectivity index is 1.88. The van der Waals surface area contributed by atoms with Crippen LogP contribution in [-0.2, 0) is 9.59 Å². The number of nitrogens with zero attached hydrogens (tertiary/aromatic N) is 1. The molecule has 0 spiro atoms. The molecular formula is C21H25N3O4S. The largest absolute Gasteiger partial charge is 0.484 e. The summed E-state index contributed by atoms with van der Waals surface area (Å²) in [7, 11) is 3.36. The molecule has 0 bridgehead atoms. The molecule has 0 aliphatic rings. The third-order valence-electron chi connectivity index (χ3n) is 3.86. The molecule has 0 radical (unpaired) electrons. The Hall–Kier alpha value is -3.00. The third-order valence-corrected chi connectivity index (χ3v) is 4.92. The third kappa shape index (κ3) is 7.15. The van der Waals surface area contributed by atoms with Gasteiger partial charge in [-0.25, -0.2) is 0 Å². The highest BCUT2D eigenvalue weighted by molar-refractivity contribution is 8.00. The molecule has 0 heterocycles. The van der Waals surface area contributed by atoms with Gasteiger partial charge in [-0.15, -0.1) is 11.8 Å². The minimum absolute atomic E-state index is 0.0537. The van der Waals surface area contributed by atoms with E-state index in [1.54, 1.807) is 38.4 Å². The summed E-state index contributed by atoms with van der Waals surface area (Å²) in [6.45, 7) is 3.67. The number of nitrogens with one attached hydrogen (secondary N) is 2. The fourth-order valence-corrected chi connectivity index (χ4v) is 3.47. The summed E-state index contributed by atoms with van der Waals surface area (Å²) in [6.07, 6.45) is 0. The minimum atomic E-state index is -0.481. The number of carbonyl (C=O) groups is 3. The summed E-state index contributed by atoms with van der Waals surface area (Å²) in [6, 6.07) is 12.6. The molecule has 0 aromatic heterocycles. The van der Waals surface area contributed by atoms with Crippen molar-refractivity contribution in [2.75, 3.05) is 26.5 Å². The molecule has 2 N–H and O–H groups in total. The van der Waals surface area contributed by atoms with E-state index in [2.05, 4.69) is 10.9 Å². The Morgan fingerprint density at radius 2 is 1.66 bits per heavy atom. The van der Waals surface area contributed by atoms with E-state index in [9.17, 15) is 14.4 Å². The summed E-state index contributed by atoms with van der Waals surface area (Å²) in [5.74, 6) is -0.193. The predicted octanol–water partition coefficient (Wildman–Crippen LogP) is 2.32. The number of carbonyl (C=O) groups excluding carboxylic acids is 3. The average Bonchev–Trinajstić information content (AvgIpc) is 2.68. The van der Waals surface area contributed by atoms with Crippen LogP contribution in [-0.4, -0.2) is 49.1 Å². The van der Waals surface area contributed by atoms with Gasteiger partial charge in [0.05, 0.1) is 11.3 Å². The second-order valence-electron chi connectivity index (χ2n) is 6.69. The minimum Gasteiger partial charge on any atom is -0.484 e. The van der Waals surface area contributed by atoms with Crippen LogP contribution >= 0.6 is 11.8 Å². The lowest BCUT2D eigenvalue weighted by atomic mass is 10.1. The van der Waals surface area contributed by atoms with Gasteiger partial charge >= 0.3 is 0 Å². The van der Waals surface area contributed by atoms with Crippen LogP contribution < -0.4 is 15.6 Å². The van der Waals surface area contributed by atoms with Crippen molar-refractivity contribution >= 4 is 29.5 Å². The van der Waals surface area contributed by atoms with Crippen molar-refractivity contribution < 1.29 is 19.1 Å². The lowest BCUT2D eigenvalue weighted by molar-refractivity contribution is -0.126. The molecular weight excluding hydrogens is 390 g/mol. The van der Waals surface area contributed by atoms with E-state index in [0.717, 1.165) is 11.1 Å². The Kier molecular flexibility index (Phi) is 8.09. The number of amides is 3. The molecule has 0 unspecified atom stereocenters. The van der Waals surface area contributed by atoms with Crippen LogP contribution in [0, 0.1) is 13.8 Å². The Bertz CT molecular complexity index is 879. The van der Waals surface area contributed by atoms with E-state index >= 15 is 0 Å². The standard InChI is InChI=1S/C21H25N3O4S/c1-14-9-15(2)11-16(10-14)28-12-19(25)22-23-21(27)17-7-5-6-8-18(17)29-13-20(26)24(3)4/h5-11H,12-13H2,1-4H3,(H,22,25)(H,23,27). The second kappa shape index (κ2) is 10.5. The quantitative estimate of drug-likeness (QED) is 0.535. The van der Waals surface area contributed by atoms with Gasteiger partial charge in [-0.3, -0.25) is 25.2 Å². The number of benzene rings is 2. The first kappa shape index (κ1) is 22.3. The maximum absolute atomic E-state index is 12.4. The zero-order chi connectivity index (χ0) is 21.4. The van der Waals surface area contributed by atoms with Gasteiger partial charge in [-0.2, -0.15) is 0 Å². The number of hydrazine groups is 1. The van der Waals surface area contributed by atoms with E-state index in [-0.39, 0.29) is 18.3 Å². The maximum Gasteiger partial charge on any atom is 0.276 e. The Morgan fingerprint density at radius 1 is 1.00 bits per heavy atom. The van der Waals surface area contributed by atoms with Crippen molar-refractivity contribution in [1.82, 2.24) is 15.8 Å². The van der Waals surface area contributed by atoms with Crippen molar-refractivity contribution in [2.45, 2.75) is 18.7 Å². The summed E-state index contributed by atoms with van der Waals surface area (Å²) >= 11 is 1.27. The zero-order valence-electron chi connectivity index (χ0n) is 16.9. The molecule has 0 saturated carbocycles. The number of thioether (sulfide) groups is 1. The fourth-order valence-electron chi connectivity index (χ4n) is 2.44. The SMILES string of the molecule is Cc1cc(C)cc(OCC(=O)NNC(=O)c2ccccc2SCC(=O)N(C)C)c1. The van der Waals surface area contributed by atoms with E-state index in [1.165, 1.54) is 16.7 Å². The number of aryl methyl sites for hydroxylation is 2. The monoisotopic (exact) mass is 415 g/mol. The number of ether oxygens (including phenoxy) is 1. The van der Waals surface area contributed by atoms with Crippen LogP contribution in [0.2, 0.25) is 0 Å². The van der Waals surface area contributed by atoms with Crippen LogP contribution in [0.3, 0.4) is 0 Å². The highest BCUT2D eigenvalue weighted by Crippen LogP contribution is 2.22. The fraction of sp³-hybridized carbons (Fsp3) is 0.286. The van der Waals surface area contributed by atoms with Gasteiger partial charge in [0.25, 0.3) is 11.8 Å². The molecule has 7 nitrogen and oxygen atoms in total. The maximum atomic E-state index is 12.4. The Labute approximate surface area is 174 Å². The van der Waals surface area contributed by atoms with Crippen LogP contribution in [0.15, 0.2) is 47.4 Å². The first-order chi connectivity index (χ1) is 13.8. The van der Waals surface area contributed by atoms with Crippen molar-refractivity contribution in [3.05, 3.63) is 59.2 Å². The normalized spacial score (nSPS) is 10.2. The first-order valence-electron chi connectivity index (χ1n) is 8.98. The molecule has 2 aromatic rings. The lowest BCUT2D eigenvalue weighted by Crippen LogP contribution is -2.44. The van der Waals surface area contributed by atoms with Gasteiger partial charge in [-0.05, 0) is 49.2 Å². The molecule has 2 aromatic carbocycles. The summed E-state index contributed by atoms with van der Waals surface area (Å²) in [5, 5.41) is 0. The number of rotatable bonds is 7. The molecule has 0 aliphatic heterocycles. The summed E-state index contributed by atoms with van der Waals surface area (Å²) < 4.78 is 5.47. The van der Waals surface area contributed by atoms with E-state index in [0.29, 0.717) is 16.2 Å². The average molecular weight is 416 g/mol.